The Hall–Kier alpha value is -0.470. The lowest BCUT2D eigenvalue weighted by molar-refractivity contribution is 1.18. The summed E-state index contributed by atoms with van der Waals surface area (Å²) in [6.07, 6.45) is 2.94. The third kappa shape index (κ3) is 1.74. The van der Waals surface area contributed by atoms with Crippen molar-refractivity contribution in [1.29, 1.82) is 0 Å². The first-order valence-electron chi connectivity index (χ1n) is 4.13. The number of H-pyrrole nitrogens is 1. The summed E-state index contributed by atoms with van der Waals surface area (Å²) in [5, 5.41) is 2.95. The van der Waals surface area contributed by atoms with Gasteiger partial charge in [-0.3, -0.25) is 0 Å². The first-order chi connectivity index (χ1) is 6.31. The van der Waals surface area contributed by atoms with E-state index in [9.17, 15) is 0 Å². The zero-order valence-electron chi connectivity index (χ0n) is 6.98. The van der Waals surface area contributed by atoms with Crippen molar-refractivity contribution < 1.29 is 0 Å². The second-order valence-electron chi connectivity index (χ2n) is 2.95. The van der Waals surface area contributed by atoms with Gasteiger partial charge in [-0.05, 0) is 30.2 Å². The molecule has 68 valence electrons. The highest BCUT2D eigenvalue weighted by Crippen LogP contribution is 2.23. The Balaban J connectivity index is 2.63. The second kappa shape index (κ2) is 3.72. The van der Waals surface area contributed by atoms with Gasteiger partial charge in [0, 0.05) is 27.5 Å². The fraction of sp³-hybridized carbons (Fsp3) is 0.200. The van der Waals surface area contributed by atoms with Gasteiger partial charge in [-0.25, -0.2) is 0 Å². The largest absolute Gasteiger partial charge is 0.361 e. The van der Waals surface area contributed by atoms with E-state index in [-0.39, 0.29) is 0 Å². The molecular formula is C10H9BrClN. The monoisotopic (exact) mass is 257 g/mol. The van der Waals surface area contributed by atoms with Gasteiger partial charge in [-0.15, -0.1) is 0 Å². The summed E-state index contributed by atoms with van der Waals surface area (Å²) in [7, 11) is 0. The number of aromatic nitrogens is 1. The molecule has 13 heavy (non-hydrogen) atoms. The van der Waals surface area contributed by atoms with Crippen molar-refractivity contribution >= 4 is 38.4 Å². The fourth-order valence-corrected chi connectivity index (χ4v) is 2.18. The number of alkyl halides is 1. The molecule has 0 bridgehead atoms. The minimum Gasteiger partial charge on any atom is -0.361 e. The summed E-state index contributed by atoms with van der Waals surface area (Å²) in [6.45, 7) is 0. The van der Waals surface area contributed by atoms with Crippen LogP contribution < -0.4 is 0 Å². The number of nitrogens with one attached hydrogen (secondary N) is 1. The molecule has 2 rings (SSSR count). The first kappa shape index (κ1) is 9.10. The van der Waals surface area contributed by atoms with E-state index in [0.29, 0.717) is 0 Å². The van der Waals surface area contributed by atoms with Crippen LogP contribution in [-0.4, -0.2) is 10.3 Å². The summed E-state index contributed by atoms with van der Waals surface area (Å²) >= 11 is 9.41. The molecule has 0 aliphatic heterocycles. The average Bonchev–Trinajstić information content (AvgIpc) is 2.52. The summed E-state index contributed by atoms with van der Waals surface area (Å²) in [5.41, 5.74) is 2.47. The number of benzene rings is 1. The van der Waals surface area contributed by atoms with Crippen LogP contribution in [0.3, 0.4) is 0 Å². The third-order valence-corrected chi connectivity index (χ3v) is 2.68. The average molecular weight is 259 g/mol. The summed E-state index contributed by atoms with van der Waals surface area (Å²) in [4.78, 5) is 3.22. The van der Waals surface area contributed by atoms with Gasteiger partial charge in [0.15, 0.2) is 0 Å². The Morgan fingerprint density at radius 3 is 3.00 bits per heavy atom. The molecular weight excluding hydrogens is 249 g/mol. The van der Waals surface area contributed by atoms with Gasteiger partial charge in [0.05, 0.1) is 0 Å². The van der Waals surface area contributed by atoms with Gasteiger partial charge < -0.3 is 4.98 Å². The SMILES string of the molecule is Clc1cc(CCBr)c2[nH]ccc2c1. The normalized spacial score (nSPS) is 10.9. The highest BCUT2D eigenvalue weighted by atomic mass is 79.9. The Labute approximate surface area is 90.2 Å². The van der Waals surface area contributed by atoms with Gasteiger partial charge in [-0.2, -0.15) is 0 Å². The van der Waals surface area contributed by atoms with Crippen molar-refractivity contribution in [3.8, 4) is 0 Å². The Bertz CT molecular complexity index is 422. The van der Waals surface area contributed by atoms with Crippen LogP contribution in [0.1, 0.15) is 5.56 Å². The van der Waals surface area contributed by atoms with Gasteiger partial charge in [0.25, 0.3) is 0 Å². The predicted molar refractivity (Wildman–Crippen MR) is 60.8 cm³/mol. The molecule has 0 atom stereocenters. The molecule has 0 radical (unpaired) electrons. The molecule has 0 saturated heterocycles. The maximum atomic E-state index is 5.99. The first-order valence-corrected chi connectivity index (χ1v) is 5.62. The molecule has 1 aromatic carbocycles. The molecule has 1 nitrogen and oxygen atoms in total. The molecule has 0 saturated carbocycles. The van der Waals surface area contributed by atoms with E-state index < -0.39 is 0 Å². The molecule has 0 unspecified atom stereocenters. The number of fused-ring (bicyclic) bond motifs is 1. The molecule has 0 aliphatic carbocycles. The van der Waals surface area contributed by atoms with Crippen LogP contribution in [0, 0.1) is 0 Å². The maximum absolute atomic E-state index is 5.99. The van der Waals surface area contributed by atoms with Crippen LogP contribution in [0.25, 0.3) is 10.9 Å². The standard InChI is InChI=1S/C10H9BrClN/c11-3-1-7-5-9(12)6-8-2-4-13-10(7)8/h2,4-6,13H,1,3H2. The lowest BCUT2D eigenvalue weighted by Crippen LogP contribution is -1.87. The fourth-order valence-electron chi connectivity index (χ4n) is 1.51. The molecule has 1 aromatic heterocycles. The molecule has 1 N–H and O–H groups in total. The van der Waals surface area contributed by atoms with E-state index in [1.165, 1.54) is 16.5 Å². The molecule has 2 aromatic rings. The van der Waals surface area contributed by atoms with Crippen LogP contribution in [0.2, 0.25) is 5.02 Å². The van der Waals surface area contributed by atoms with Crippen LogP contribution >= 0.6 is 27.5 Å². The molecule has 1 heterocycles. The highest BCUT2D eigenvalue weighted by Gasteiger charge is 2.03. The smallest absolute Gasteiger partial charge is 0.0487 e. The van der Waals surface area contributed by atoms with Crippen molar-refractivity contribution in [2.45, 2.75) is 6.42 Å². The Morgan fingerprint density at radius 1 is 1.38 bits per heavy atom. The summed E-state index contributed by atoms with van der Waals surface area (Å²) in [5.74, 6) is 0. The number of hydrogen-bond acceptors (Lipinski definition) is 0. The lowest BCUT2D eigenvalue weighted by Gasteiger charge is -2.01. The second-order valence-corrected chi connectivity index (χ2v) is 4.18. The Kier molecular flexibility index (Phi) is 2.61. The Morgan fingerprint density at radius 2 is 2.23 bits per heavy atom. The van der Waals surface area contributed by atoms with Crippen LogP contribution in [0.15, 0.2) is 24.4 Å². The predicted octanol–water partition coefficient (Wildman–Crippen LogP) is 3.76. The van der Waals surface area contributed by atoms with Crippen LogP contribution in [-0.2, 0) is 6.42 Å². The molecule has 0 aliphatic rings. The minimum atomic E-state index is 0.808. The van der Waals surface area contributed by atoms with E-state index in [2.05, 4.69) is 20.9 Å². The molecule has 0 fully saturated rings. The van der Waals surface area contributed by atoms with E-state index in [4.69, 9.17) is 11.6 Å². The number of hydrogen-bond donors (Lipinski definition) is 1. The molecule has 0 spiro atoms. The van der Waals surface area contributed by atoms with Crippen molar-refractivity contribution in [2.24, 2.45) is 0 Å². The number of aromatic amines is 1. The van der Waals surface area contributed by atoms with E-state index in [1.54, 1.807) is 0 Å². The van der Waals surface area contributed by atoms with Gasteiger partial charge in [-0.1, -0.05) is 27.5 Å². The van der Waals surface area contributed by atoms with Crippen molar-refractivity contribution in [3.63, 3.8) is 0 Å². The highest BCUT2D eigenvalue weighted by molar-refractivity contribution is 9.09. The van der Waals surface area contributed by atoms with Gasteiger partial charge >= 0.3 is 0 Å². The van der Waals surface area contributed by atoms with Crippen molar-refractivity contribution in [1.82, 2.24) is 4.98 Å². The van der Waals surface area contributed by atoms with E-state index in [0.717, 1.165) is 16.8 Å². The molecule has 0 amide bonds. The maximum Gasteiger partial charge on any atom is 0.0487 e. The number of halogens is 2. The van der Waals surface area contributed by atoms with Crippen LogP contribution in [0.4, 0.5) is 0 Å². The lowest BCUT2D eigenvalue weighted by atomic mass is 10.1. The van der Waals surface area contributed by atoms with Crippen LogP contribution in [0.5, 0.6) is 0 Å². The number of rotatable bonds is 2. The molecule has 3 heteroatoms. The topological polar surface area (TPSA) is 15.8 Å². The third-order valence-electron chi connectivity index (χ3n) is 2.07. The zero-order chi connectivity index (χ0) is 9.26. The van der Waals surface area contributed by atoms with E-state index in [1.807, 2.05) is 24.4 Å². The minimum absolute atomic E-state index is 0.808. The summed E-state index contributed by atoms with van der Waals surface area (Å²) in [6, 6.07) is 6.03. The zero-order valence-corrected chi connectivity index (χ0v) is 9.32. The van der Waals surface area contributed by atoms with Gasteiger partial charge in [0.2, 0.25) is 0 Å². The van der Waals surface area contributed by atoms with Crippen molar-refractivity contribution in [2.75, 3.05) is 5.33 Å². The number of aryl methyl sites for hydroxylation is 1. The van der Waals surface area contributed by atoms with Crippen molar-refractivity contribution in [3.05, 3.63) is 35.0 Å². The van der Waals surface area contributed by atoms with Gasteiger partial charge in [0.1, 0.15) is 0 Å². The van der Waals surface area contributed by atoms with E-state index >= 15 is 0 Å². The summed E-state index contributed by atoms with van der Waals surface area (Å²) < 4.78 is 0. The quantitative estimate of drug-likeness (QED) is 0.790.